The van der Waals surface area contributed by atoms with Gasteiger partial charge in [0, 0.05) is 108 Å². The number of hydrogen-bond acceptors (Lipinski definition) is 14. The second-order valence-corrected chi connectivity index (χ2v) is 28.6. The van der Waals surface area contributed by atoms with Crippen LogP contribution in [0, 0.1) is 31.3 Å². The minimum absolute atomic E-state index is 0.0995. The van der Waals surface area contributed by atoms with Crippen molar-refractivity contribution in [3.05, 3.63) is 120 Å². The van der Waals surface area contributed by atoms with E-state index in [4.69, 9.17) is 18.7 Å². The smallest absolute Gasteiger partial charge is 0.507 e. The molecule has 3 amide bonds. The van der Waals surface area contributed by atoms with Crippen LogP contribution in [0.5, 0.6) is 5.75 Å². The Morgan fingerprint density at radius 3 is 1.35 bits per heavy atom. The minimum Gasteiger partial charge on any atom is -0.507 e. The third-order valence-electron chi connectivity index (χ3n) is 20.7. The van der Waals surface area contributed by atoms with Gasteiger partial charge in [0.2, 0.25) is 17.7 Å². The van der Waals surface area contributed by atoms with E-state index in [-0.39, 0.29) is 137 Å². The largest absolute Gasteiger partial charge is 0.522 e. The van der Waals surface area contributed by atoms with E-state index < -0.39 is 73.3 Å². The molecule has 18 rings (SSSR count). The molecule has 3 heterocycles. The number of imidazole rings is 2. The number of amides is 3. The molecule has 33 heteroatoms. The summed E-state index contributed by atoms with van der Waals surface area (Å²) in [7, 11) is 0. The molecule has 4 N–H and O–H groups in total. The van der Waals surface area contributed by atoms with Crippen LogP contribution in [0.3, 0.4) is 0 Å². The first-order valence-electron chi connectivity index (χ1n) is 32.3. The van der Waals surface area contributed by atoms with Crippen molar-refractivity contribution in [1.82, 2.24) is 40.2 Å². The summed E-state index contributed by atoms with van der Waals surface area (Å²) < 4.78 is 215. The normalized spacial score (nSPS) is 30.2. The standard InChI is InChI=1S/C23H24F5N3O4.C22H22F5N3O3.C22H22F4N2O4/c1-20(24,25)13-2-3-16(18(32)4-13)17-7-31(12-29-17)22-9-21(10-22,11-22)30-19(33)8-34-14-5-15(6-14)35-23(26,27)28;1-12-2-3-15(19(24)18(12)23)16-6-30(11-28-16)21-8-20(9-21,10-21)29-17(31)7-32-13-4-14(5-13)33-22(25,26)27;1-12-2-3-13(4-16(12)23)17-7-18(32-28-17)20-9-21(10-20,11-20)27-19(29)8-30-14-5-15(6-14)31-22(24,25)26/h2-4,7,12,14-15,32H,5-6,8-11H2,1H3,(H,30,33);2-3,6,11,13-14H,4-5,7-10H2,1H3,(H,29,31);2-4,7,14-15H,5-6,8-11H2,1H3,(H,27,29). The molecule has 3 aromatic heterocycles. The lowest BCUT2D eigenvalue weighted by Crippen LogP contribution is -2.78. The third kappa shape index (κ3) is 14.7. The van der Waals surface area contributed by atoms with Gasteiger partial charge in [0.1, 0.15) is 42.8 Å². The average molecular weight is 1430 g/mol. The van der Waals surface area contributed by atoms with Gasteiger partial charge in [-0.2, -0.15) is 0 Å². The average Bonchev–Trinajstić information content (AvgIpc) is 1.33. The minimum atomic E-state index is -4.67. The quantitative estimate of drug-likeness (QED) is 0.0464. The SMILES string of the molecule is CC(F)(F)c1ccc(-c2cn(C34CC(NC(=O)COC5CC(OC(F)(F)F)C5)(C3)C4)cn2)c(O)c1.Cc1ccc(-c2cc(C34CC(NC(=O)COC5CC(OC(F)(F)F)C5)(C3)C4)on2)cc1F.Cc1ccc(-c2cn(C34CC(NC(=O)COC5CC(OC(F)(F)F)C5)(C3)C4)cn2)c(F)c1F. The van der Waals surface area contributed by atoms with E-state index in [1.165, 1.54) is 37.3 Å². The van der Waals surface area contributed by atoms with Crippen LogP contribution in [-0.2, 0) is 65.2 Å². The van der Waals surface area contributed by atoms with Crippen molar-refractivity contribution in [2.75, 3.05) is 19.8 Å². The maximum absolute atomic E-state index is 14.3. The highest BCUT2D eigenvalue weighted by atomic mass is 19.4. The van der Waals surface area contributed by atoms with Gasteiger partial charge in [-0.05, 0) is 107 Å². The Labute approximate surface area is 560 Å². The van der Waals surface area contributed by atoms with Crippen molar-refractivity contribution in [2.24, 2.45) is 0 Å². The molecule has 12 aliphatic carbocycles. The summed E-state index contributed by atoms with van der Waals surface area (Å²) in [6.07, 6.45) is -4.40. The lowest BCUT2D eigenvalue weighted by molar-refractivity contribution is -0.358. The van der Waals surface area contributed by atoms with Gasteiger partial charge >= 0.3 is 19.1 Å². The Bertz CT molecular complexity index is 4030. The van der Waals surface area contributed by atoms with Gasteiger partial charge in [-0.3, -0.25) is 28.6 Å². The summed E-state index contributed by atoms with van der Waals surface area (Å²) in [4.78, 5) is 45.2. The molecule has 100 heavy (non-hydrogen) atoms. The fraction of sp³-hybridized carbons (Fsp3) is 0.552. The number of phenolic OH excluding ortho intramolecular Hbond substituents is 1. The molecule has 0 saturated heterocycles. The Hall–Kier alpha value is -7.72. The number of phenols is 1. The maximum Gasteiger partial charge on any atom is 0.522 e. The van der Waals surface area contributed by atoms with Crippen molar-refractivity contribution in [2.45, 2.75) is 212 Å². The van der Waals surface area contributed by atoms with E-state index in [2.05, 4.69) is 45.3 Å². The van der Waals surface area contributed by atoms with Crippen LogP contribution in [0.25, 0.3) is 33.8 Å². The molecule has 19 nitrogen and oxygen atoms in total. The first kappa shape index (κ1) is 70.7. The number of carbonyl (C=O) groups is 3. The first-order valence-corrected chi connectivity index (χ1v) is 32.3. The van der Waals surface area contributed by atoms with Gasteiger partial charge in [-0.25, -0.2) is 31.9 Å². The first-order chi connectivity index (χ1) is 46.8. The van der Waals surface area contributed by atoms with Gasteiger partial charge in [0.05, 0.1) is 71.7 Å². The number of rotatable bonds is 22. The van der Waals surface area contributed by atoms with E-state index in [1.807, 2.05) is 15.2 Å². The summed E-state index contributed by atoms with van der Waals surface area (Å²) in [6.45, 7) is 3.32. The molecule has 0 spiro atoms. The maximum atomic E-state index is 14.3. The van der Waals surface area contributed by atoms with Gasteiger partial charge in [-0.15, -0.1) is 39.5 Å². The highest BCUT2D eigenvalue weighted by molar-refractivity contribution is 5.80. The van der Waals surface area contributed by atoms with E-state index >= 15 is 0 Å². The molecule has 6 aromatic rings. The van der Waals surface area contributed by atoms with Crippen molar-refractivity contribution < 1.29 is 114 Å². The summed E-state index contributed by atoms with van der Waals surface area (Å²) in [5.74, 6) is -5.64. The zero-order chi connectivity index (χ0) is 71.5. The zero-order valence-electron chi connectivity index (χ0n) is 53.8. The number of alkyl halides is 11. The number of aromatic hydroxyl groups is 1. The Kier molecular flexibility index (Phi) is 17.9. The van der Waals surface area contributed by atoms with E-state index in [0.29, 0.717) is 91.6 Å². The van der Waals surface area contributed by atoms with Crippen LogP contribution < -0.4 is 16.0 Å². The van der Waals surface area contributed by atoms with Crippen LogP contribution in [0.1, 0.15) is 126 Å². The number of aryl methyl sites for hydroxylation is 2. The van der Waals surface area contributed by atoms with E-state index in [0.717, 1.165) is 18.8 Å². The summed E-state index contributed by atoms with van der Waals surface area (Å²) in [5.41, 5.74) is 1.40. The molecule has 12 aliphatic rings. The fourth-order valence-electron chi connectivity index (χ4n) is 15.6. The van der Waals surface area contributed by atoms with Gasteiger partial charge < -0.3 is 48.9 Å². The Morgan fingerprint density at radius 2 is 0.940 bits per heavy atom. The number of aromatic nitrogens is 5. The van der Waals surface area contributed by atoms with Crippen molar-refractivity contribution in [1.29, 1.82) is 0 Å². The fourth-order valence-corrected chi connectivity index (χ4v) is 15.6. The van der Waals surface area contributed by atoms with Crippen LogP contribution in [0.4, 0.5) is 61.5 Å². The Balaban J connectivity index is 0.000000135. The third-order valence-corrected chi connectivity index (χ3v) is 20.7. The van der Waals surface area contributed by atoms with Gasteiger partial charge in [-0.1, -0.05) is 29.4 Å². The predicted octanol–water partition coefficient (Wildman–Crippen LogP) is 12.3. The molecule has 0 aliphatic heterocycles. The molecule has 12 fully saturated rings. The monoisotopic (exact) mass is 1430 g/mol. The van der Waals surface area contributed by atoms with Crippen LogP contribution in [0.2, 0.25) is 0 Å². The van der Waals surface area contributed by atoms with Crippen molar-refractivity contribution >= 4 is 17.7 Å². The summed E-state index contributed by atoms with van der Waals surface area (Å²) in [6, 6.07) is 13.5. The number of carbonyl (C=O) groups excluding carboxylic acids is 3. The molecule has 0 radical (unpaired) electrons. The molecule has 540 valence electrons. The summed E-state index contributed by atoms with van der Waals surface area (Å²) in [5, 5.41) is 23.2. The lowest BCUT2D eigenvalue weighted by Gasteiger charge is -2.70. The topological polar surface area (TPSA) is 225 Å². The number of hydrogen-bond donors (Lipinski definition) is 4. The molecular weight excluding hydrogens is 1360 g/mol. The van der Waals surface area contributed by atoms with Gasteiger partial charge in [0.15, 0.2) is 11.6 Å². The number of halogens is 14. The molecule has 0 atom stereocenters. The molecule has 0 unspecified atom stereocenters. The summed E-state index contributed by atoms with van der Waals surface area (Å²) >= 11 is 0. The number of nitrogens with zero attached hydrogens (tertiary/aromatic N) is 5. The molecular formula is C67H68F14N8O11. The van der Waals surface area contributed by atoms with E-state index in [9.17, 15) is 81.0 Å². The van der Waals surface area contributed by atoms with Gasteiger partial charge in [0.25, 0.3) is 5.92 Å². The highest BCUT2D eigenvalue weighted by Gasteiger charge is 2.72. The number of nitrogens with one attached hydrogen (secondary N) is 3. The molecule has 3 aromatic carbocycles. The second-order valence-electron chi connectivity index (χ2n) is 28.6. The van der Waals surface area contributed by atoms with Crippen LogP contribution in [0.15, 0.2) is 84.2 Å². The lowest BCUT2D eigenvalue weighted by atomic mass is 9.38. The van der Waals surface area contributed by atoms with Crippen molar-refractivity contribution in [3.63, 3.8) is 0 Å². The zero-order valence-corrected chi connectivity index (χ0v) is 53.8. The van der Waals surface area contributed by atoms with E-state index in [1.54, 1.807) is 44.1 Å². The highest BCUT2D eigenvalue weighted by Crippen LogP contribution is 2.69. The van der Waals surface area contributed by atoms with Crippen LogP contribution >= 0.6 is 0 Å². The van der Waals surface area contributed by atoms with Crippen molar-refractivity contribution in [3.8, 4) is 39.5 Å². The predicted molar refractivity (Wildman–Crippen MR) is 319 cm³/mol. The number of ether oxygens (including phenoxy) is 6. The second kappa shape index (κ2) is 25.4. The molecule has 12 saturated carbocycles. The van der Waals surface area contributed by atoms with Crippen LogP contribution in [-0.4, -0.2) is 139 Å². The Morgan fingerprint density at radius 1 is 0.530 bits per heavy atom. The number of benzene rings is 3. The molecule has 6 bridgehead atoms.